The molecular weight excluding hydrogens is 290 g/mol. The molecule has 2 N–H and O–H groups in total. The van der Waals surface area contributed by atoms with Gasteiger partial charge in [-0.1, -0.05) is 13.3 Å². The standard InChI is InChI=1S/C15H29N3O2.ClH/c1-3-4-10-17-15(20)13-7-6-11-18(12-13)14(19)8-5-9-16-2;/h13,16H,3-12H2,1-2H3,(H,17,20);1H. The van der Waals surface area contributed by atoms with Crippen molar-refractivity contribution in [2.75, 3.05) is 33.2 Å². The van der Waals surface area contributed by atoms with E-state index in [-0.39, 0.29) is 30.1 Å². The summed E-state index contributed by atoms with van der Waals surface area (Å²) in [7, 11) is 1.89. The largest absolute Gasteiger partial charge is 0.356 e. The van der Waals surface area contributed by atoms with Gasteiger partial charge in [0, 0.05) is 26.1 Å². The van der Waals surface area contributed by atoms with Crippen LogP contribution in [0.3, 0.4) is 0 Å². The van der Waals surface area contributed by atoms with Crippen LogP contribution in [0.4, 0.5) is 0 Å². The number of nitrogens with zero attached hydrogens (tertiary/aromatic N) is 1. The van der Waals surface area contributed by atoms with Gasteiger partial charge in [0.15, 0.2) is 0 Å². The summed E-state index contributed by atoms with van der Waals surface area (Å²) in [4.78, 5) is 26.0. The smallest absolute Gasteiger partial charge is 0.224 e. The molecule has 0 bridgehead atoms. The van der Waals surface area contributed by atoms with Gasteiger partial charge in [-0.25, -0.2) is 0 Å². The third kappa shape index (κ3) is 7.67. The maximum atomic E-state index is 12.1. The van der Waals surface area contributed by atoms with Gasteiger partial charge in [-0.15, -0.1) is 12.4 Å². The first kappa shape index (κ1) is 20.2. The summed E-state index contributed by atoms with van der Waals surface area (Å²) in [5, 5.41) is 6.02. The Hall–Kier alpha value is -0.810. The average Bonchev–Trinajstić information content (AvgIpc) is 2.47. The Morgan fingerprint density at radius 2 is 2.00 bits per heavy atom. The van der Waals surface area contributed by atoms with E-state index in [2.05, 4.69) is 17.6 Å². The normalized spacial score (nSPS) is 18.0. The summed E-state index contributed by atoms with van der Waals surface area (Å²) < 4.78 is 0. The number of hydrogen-bond acceptors (Lipinski definition) is 3. The predicted molar refractivity (Wildman–Crippen MR) is 87.6 cm³/mol. The van der Waals surface area contributed by atoms with Crippen molar-refractivity contribution >= 4 is 24.2 Å². The summed E-state index contributed by atoms with van der Waals surface area (Å²) in [5.74, 6) is 0.284. The van der Waals surface area contributed by atoms with Crippen LogP contribution in [-0.2, 0) is 9.59 Å². The van der Waals surface area contributed by atoms with E-state index < -0.39 is 0 Å². The minimum absolute atomic E-state index is 0. The maximum Gasteiger partial charge on any atom is 0.224 e. The molecule has 1 saturated heterocycles. The zero-order chi connectivity index (χ0) is 14.8. The molecule has 0 aliphatic carbocycles. The van der Waals surface area contributed by atoms with Gasteiger partial charge in [0.05, 0.1) is 5.92 Å². The highest BCUT2D eigenvalue weighted by Gasteiger charge is 2.27. The molecule has 0 saturated carbocycles. The quantitative estimate of drug-likeness (QED) is 0.668. The minimum atomic E-state index is -0.0196. The van der Waals surface area contributed by atoms with Gasteiger partial charge in [0.25, 0.3) is 0 Å². The summed E-state index contributed by atoms with van der Waals surface area (Å²) >= 11 is 0. The van der Waals surface area contributed by atoms with Crippen LogP contribution >= 0.6 is 12.4 Å². The van der Waals surface area contributed by atoms with Crippen LogP contribution in [0.2, 0.25) is 0 Å². The number of unbranched alkanes of at least 4 members (excludes halogenated alkanes) is 1. The fraction of sp³-hybridized carbons (Fsp3) is 0.867. The molecule has 1 aliphatic heterocycles. The summed E-state index contributed by atoms with van der Waals surface area (Å²) in [6, 6.07) is 0. The van der Waals surface area contributed by atoms with Gasteiger partial charge < -0.3 is 15.5 Å². The first-order valence-corrected chi connectivity index (χ1v) is 7.89. The highest BCUT2D eigenvalue weighted by Crippen LogP contribution is 2.17. The molecule has 0 radical (unpaired) electrons. The molecule has 0 aromatic carbocycles. The van der Waals surface area contributed by atoms with Crippen molar-refractivity contribution in [2.24, 2.45) is 5.92 Å². The van der Waals surface area contributed by atoms with Gasteiger partial charge >= 0.3 is 0 Å². The Morgan fingerprint density at radius 3 is 2.67 bits per heavy atom. The summed E-state index contributed by atoms with van der Waals surface area (Å²) in [5.41, 5.74) is 0. The summed E-state index contributed by atoms with van der Waals surface area (Å²) in [6.07, 6.45) is 5.37. The van der Waals surface area contributed by atoms with E-state index in [1.807, 2.05) is 11.9 Å². The lowest BCUT2D eigenvalue weighted by Crippen LogP contribution is -2.45. The molecule has 1 atom stereocenters. The second-order valence-electron chi connectivity index (χ2n) is 5.53. The molecule has 1 fully saturated rings. The number of likely N-dealkylation sites (tertiary alicyclic amines) is 1. The first-order chi connectivity index (χ1) is 9.69. The number of piperidine rings is 1. The van der Waals surface area contributed by atoms with E-state index in [1.165, 1.54) is 0 Å². The zero-order valence-corrected chi connectivity index (χ0v) is 14.1. The number of carbonyl (C=O) groups excluding carboxylic acids is 2. The lowest BCUT2D eigenvalue weighted by Gasteiger charge is -2.32. The van der Waals surface area contributed by atoms with Crippen molar-refractivity contribution in [2.45, 2.75) is 45.4 Å². The average molecular weight is 320 g/mol. The van der Waals surface area contributed by atoms with Crippen molar-refractivity contribution in [1.82, 2.24) is 15.5 Å². The van der Waals surface area contributed by atoms with Crippen LogP contribution in [0.1, 0.15) is 45.4 Å². The van der Waals surface area contributed by atoms with Crippen molar-refractivity contribution in [3.63, 3.8) is 0 Å². The number of hydrogen-bond donors (Lipinski definition) is 2. The maximum absolute atomic E-state index is 12.1. The number of carbonyl (C=O) groups is 2. The van der Waals surface area contributed by atoms with E-state index in [0.717, 1.165) is 51.7 Å². The van der Waals surface area contributed by atoms with Gasteiger partial charge in [-0.3, -0.25) is 9.59 Å². The second-order valence-corrected chi connectivity index (χ2v) is 5.53. The molecule has 1 rings (SSSR count). The molecule has 2 amide bonds. The lowest BCUT2D eigenvalue weighted by molar-refractivity contribution is -0.135. The molecule has 6 heteroatoms. The number of halogens is 1. The topological polar surface area (TPSA) is 61.4 Å². The molecule has 5 nitrogen and oxygen atoms in total. The highest BCUT2D eigenvalue weighted by atomic mass is 35.5. The third-order valence-corrected chi connectivity index (χ3v) is 3.79. The van der Waals surface area contributed by atoms with Gasteiger partial charge in [-0.2, -0.15) is 0 Å². The van der Waals surface area contributed by atoms with Crippen LogP contribution in [-0.4, -0.2) is 49.9 Å². The molecule has 1 aliphatic rings. The SMILES string of the molecule is CCCCNC(=O)C1CCCN(C(=O)CCCNC)C1.Cl. The van der Waals surface area contributed by atoms with Crippen molar-refractivity contribution in [3.8, 4) is 0 Å². The molecule has 0 aromatic heterocycles. The Bertz CT molecular complexity index is 285. The molecule has 124 valence electrons. The Kier molecular flexibility index (Phi) is 11.4. The van der Waals surface area contributed by atoms with Crippen LogP contribution in [0.5, 0.6) is 0 Å². The fourth-order valence-corrected chi connectivity index (χ4v) is 2.52. The lowest BCUT2D eigenvalue weighted by atomic mass is 9.96. The van der Waals surface area contributed by atoms with E-state index in [1.54, 1.807) is 0 Å². The Balaban J connectivity index is 0.00000400. The predicted octanol–water partition coefficient (Wildman–Crippen LogP) is 1.56. The van der Waals surface area contributed by atoms with Crippen LogP contribution in [0, 0.1) is 5.92 Å². The molecule has 0 spiro atoms. The highest BCUT2D eigenvalue weighted by molar-refractivity contribution is 5.85. The van der Waals surface area contributed by atoms with Crippen molar-refractivity contribution in [1.29, 1.82) is 0 Å². The fourth-order valence-electron chi connectivity index (χ4n) is 2.52. The first-order valence-electron chi connectivity index (χ1n) is 7.89. The Morgan fingerprint density at radius 1 is 1.24 bits per heavy atom. The van der Waals surface area contributed by atoms with Crippen molar-refractivity contribution < 1.29 is 9.59 Å². The third-order valence-electron chi connectivity index (χ3n) is 3.79. The van der Waals surface area contributed by atoms with Gasteiger partial charge in [0.1, 0.15) is 0 Å². The number of amides is 2. The zero-order valence-electron chi connectivity index (χ0n) is 13.3. The van der Waals surface area contributed by atoms with Gasteiger partial charge in [-0.05, 0) is 39.3 Å². The number of rotatable bonds is 8. The Labute approximate surface area is 134 Å². The molecule has 1 heterocycles. The second kappa shape index (κ2) is 11.8. The molecule has 0 aromatic rings. The van der Waals surface area contributed by atoms with Gasteiger partial charge in [0.2, 0.25) is 11.8 Å². The van der Waals surface area contributed by atoms with E-state index in [0.29, 0.717) is 13.0 Å². The molecule has 1 unspecified atom stereocenters. The van der Waals surface area contributed by atoms with Crippen molar-refractivity contribution in [3.05, 3.63) is 0 Å². The van der Waals surface area contributed by atoms with E-state index in [4.69, 9.17) is 0 Å². The van der Waals surface area contributed by atoms with Crippen LogP contribution < -0.4 is 10.6 Å². The molecular formula is C15H30ClN3O2. The monoisotopic (exact) mass is 319 g/mol. The van der Waals surface area contributed by atoms with Crippen LogP contribution in [0.25, 0.3) is 0 Å². The summed E-state index contributed by atoms with van der Waals surface area (Å²) in [6.45, 7) is 5.12. The number of nitrogens with one attached hydrogen (secondary N) is 2. The van der Waals surface area contributed by atoms with E-state index >= 15 is 0 Å². The van der Waals surface area contributed by atoms with Crippen LogP contribution in [0.15, 0.2) is 0 Å². The minimum Gasteiger partial charge on any atom is -0.356 e. The molecule has 21 heavy (non-hydrogen) atoms. The van der Waals surface area contributed by atoms with E-state index in [9.17, 15) is 9.59 Å².